The number of rotatable bonds is 10. The maximum Gasteiger partial charge on any atom is 0.193 e. The van der Waals surface area contributed by atoms with Gasteiger partial charge in [0.2, 0.25) is 0 Å². The molecule has 1 aromatic rings. The van der Waals surface area contributed by atoms with Gasteiger partial charge in [-0.1, -0.05) is 13.0 Å². The zero-order valence-electron chi connectivity index (χ0n) is 18.3. The van der Waals surface area contributed by atoms with Gasteiger partial charge in [-0.15, -0.1) is 0 Å². The largest absolute Gasteiger partial charge is 0.493 e. The zero-order chi connectivity index (χ0) is 20.4. The summed E-state index contributed by atoms with van der Waals surface area (Å²) in [7, 11) is 5.45. The molecule has 1 aromatic carbocycles. The number of likely N-dealkylation sites (tertiary alicyclic amines) is 1. The first-order chi connectivity index (χ1) is 13.6. The molecule has 0 saturated carbocycles. The molecule has 1 saturated heterocycles. The Morgan fingerprint density at radius 1 is 1.25 bits per heavy atom. The normalized spacial score (nSPS) is 17.6. The Morgan fingerprint density at radius 3 is 2.71 bits per heavy atom. The van der Waals surface area contributed by atoms with Crippen LogP contribution in [0.4, 0.5) is 0 Å². The molecule has 1 aliphatic heterocycles. The van der Waals surface area contributed by atoms with Gasteiger partial charge in [-0.25, -0.2) is 0 Å². The predicted molar refractivity (Wildman–Crippen MR) is 117 cm³/mol. The summed E-state index contributed by atoms with van der Waals surface area (Å²) in [6.07, 6.45) is 3.42. The Bertz CT molecular complexity index is 621. The number of hydrogen-bond donors (Lipinski definition) is 1. The maximum absolute atomic E-state index is 5.41. The summed E-state index contributed by atoms with van der Waals surface area (Å²) < 4.78 is 10.7. The van der Waals surface area contributed by atoms with Gasteiger partial charge >= 0.3 is 0 Å². The van der Waals surface area contributed by atoms with Crippen LogP contribution in [0, 0.1) is 5.92 Å². The molecule has 1 heterocycles. The molecular weight excluding hydrogens is 352 g/mol. The molecule has 6 nitrogen and oxygen atoms in total. The number of methoxy groups -OCH3 is 2. The summed E-state index contributed by atoms with van der Waals surface area (Å²) in [5, 5.41) is 3.44. The van der Waals surface area contributed by atoms with E-state index in [1.165, 1.54) is 38.0 Å². The fourth-order valence-electron chi connectivity index (χ4n) is 3.71. The SMILES string of the molecule is CCCN1CCC(CN=C(NCC)N(C)CCc2ccc(OC)c(OC)c2)C1. The molecule has 158 valence electrons. The lowest BCUT2D eigenvalue weighted by molar-refractivity contribution is 0.326. The maximum atomic E-state index is 5.41. The molecule has 1 N–H and O–H groups in total. The van der Waals surface area contributed by atoms with Crippen LogP contribution in [0.5, 0.6) is 11.5 Å². The molecule has 0 amide bonds. The van der Waals surface area contributed by atoms with E-state index in [1.807, 2.05) is 6.07 Å². The third-order valence-corrected chi connectivity index (χ3v) is 5.29. The number of likely N-dealkylation sites (N-methyl/N-ethyl adjacent to an activating group) is 1. The van der Waals surface area contributed by atoms with Gasteiger partial charge in [0.05, 0.1) is 14.2 Å². The summed E-state index contributed by atoms with van der Waals surface area (Å²) >= 11 is 0. The first-order valence-electron chi connectivity index (χ1n) is 10.5. The second kappa shape index (κ2) is 11.8. The lowest BCUT2D eigenvalue weighted by atomic mass is 10.1. The highest BCUT2D eigenvalue weighted by Crippen LogP contribution is 2.27. The minimum absolute atomic E-state index is 0.680. The van der Waals surface area contributed by atoms with Crippen LogP contribution < -0.4 is 14.8 Å². The van der Waals surface area contributed by atoms with Crippen molar-refractivity contribution in [1.29, 1.82) is 0 Å². The molecule has 0 aromatic heterocycles. The Labute approximate surface area is 170 Å². The van der Waals surface area contributed by atoms with Crippen LogP contribution >= 0.6 is 0 Å². The molecule has 0 spiro atoms. The van der Waals surface area contributed by atoms with E-state index in [2.05, 4.69) is 48.1 Å². The third-order valence-electron chi connectivity index (χ3n) is 5.29. The first-order valence-corrected chi connectivity index (χ1v) is 10.5. The fraction of sp³-hybridized carbons (Fsp3) is 0.682. The van der Waals surface area contributed by atoms with Crippen molar-refractivity contribution in [3.63, 3.8) is 0 Å². The average molecular weight is 391 g/mol. The molecule has 6 heteroatoms. The summed E-state index contributed by atoms with van der Waals surface area (Å²) in [6.45, 7) is 10.7. The van der Waals surface area contributed by atoms with E-state index in [1.54, 1.807) is 14.2 Å². The number of nitrogens with one attached hydrogen (secondary N) is 1. The smallest absolute Gasteiger partial charge is 0.193 e. The summed E-state index contributed by atoms with van der Waals surface area (Å²) in [4.78, 5) is 9.71. The number of nitrogens with zero attached hydrogens (tertiary/aromatic N) is 3. The molecular formula is C22H38N4O2. The molecule has 0 radical (unpaired) electrons. The van der Waals surface area contributed by atoms with Crippen molar-refractivity contribution < 1.29 is 9.47 Å². The first kappa shape index (κ1) is 22.3. The van der Waals surface area contributed by atoms with E-state index < -0.39 is 0 Å². The average Bonchev–Trinajstić information content (AvgIpc) is 3.16. The number of guanidine groups is 1. The lowest BCUT2D eigenvalue weighted by Gasteiger charge is -2.23. The molecule has 1 unspecified atom stereocenters. The van der Waals surface area contributed by atoms with Crippen molar-refractivity contribution in [2.75, 3.05) is 60.5 Å². The molecule has 1 fully saturated rings. The van der Waals surface area contributed by atoms with E-state index in [-0.39, 0.29) is 0 Å². The van der Waals surface area contributed by atoms with E-state index in [9.17, 15) is 0 Å². The van der Waals surface area contributed by atoms with Gasteiger partial charge in [-0.3, -0.25) is 4.99 Å². The highest BCUT2D eigenvalue weighted by Gasteiger charge is 2.21. The second-order valence-corrected chi connectivity index (χ2v) is 7.51. The Hall–Kier alpha value is -1.95. The number of aliphatic imine (C=N–C) groups is 1. The topological polar surface area (TPSA) is 49.3 Å². The van der Waals surface area contributed by atoms with Gasteiger partial charge in [0.25, 0.3) is 0 Å². The predicted octanol–water partition coefficient (Wildman–Crippen LogP) is 2.88. The fourth-order valence-corrected chi connectivity index (χ4v) is 3.71. The van der Waals surface area contributed by atoms with Crippen molar-refractivity contribution in [1.82, 2.24) is 15.1 Å². The van der Waals surface area contributed by atoms with E-state index >= 15 is 0 Å². The van der Waals surface area contributed by atoms with Gasteiger partial charge in [0, 0.05) is 33.2 Å². The number of hydrogen-bond acceptors (Lipinski definition) is 4. The van der Waals surface area contributed by atoms with Crippen LogP contribution in [0.1, 0.15) is 32.3 Å². The van der Waals surface area contributed by atoms with E-state index in [4.69, 9.17) is 14.5 Å². The Kier molecular flexibility index (Phi) is 9.41. The summed E-state index contributed by atoms with van der Waals surface area (Å²) in [5.74, 6) is 3.22. The van der Waals surface area contributed by atoms with Crippen molar-refractivity contribution >= 4 is 5.96 Å². The Balaban J connectivity index is 1.90. The second-order valence-electron chi connectivity index (χ2n) is 7.51. The molecule has 0 bridgehead atoms. The Morgan fingerprint density at radius 2 is 2.04 bits per heavy atom. The minimum Gasteiger partial charge on any atom is -0.493 e. The molecule has 28 heavy (non-hydrogen) atoms. The van der Waals surface area contributed by atoms with Crippen LogP contribution in [-0.2, 0) is 6.42 Å². The summed E-state index contributed by atoms with van der Waals surface area (Å²) in [5.41, 5.74) is 1.23. The zero-order valence-corrected chi connectivity index (χ0v) is 18.3. The van der Waals surface area contributed by atoms with Gasteiger partial charge in [0.1, 0.15) is 0 Å². The van der Waals surface area contributed by atoms with Gasteiger partial charge in [-0.05, 0) is 62.9 Å². The summed E-state index contributed by atoms with van der Waals surface area (Å²) in [6, 6.07) is 6.12. The van der Waals surface area contributed by atoms with Crippen LogP contribution in [0.15, 0.2) is 23.2 Å². The lowest BCUT2D eigenvalue weighted by Crippen LogP contribution is -2.40. The minimum atomic E-state index is 0.680. The van der Waals surface area contributed by atoms with Crippen LogP contribution in [0.2, 0.25) is 0 Å². The molecule has 0 aliphatic carbocycles. The van der Waals surface area contributed by atoms with Crippen molar-refractivity contribution in [3.8, 4) is 11.5 Å². The van der Waals surface area contributed by atoms with E-state index in [0.29, 0.717) is 5.92 Å². The quantitative estimate of drug-likeness (QED) is 0.492. The molecule has 2 rings (SSSR count). The van der Waals surface area contributed by atoms with Crippen LogP contribution in [-0.4, -0.2) is 76.3 Å². The van der Waals surface area contributed by atoms with Crippen molar-refractivity contribution in [2.45, 2.75) is 33.1 Å². The van der Waals surface area contributed by atoms with Gasteiger partial charge < -0.3 is 24.6 Å². The van der Waals surface area contributed by atoms with Gasteiger partial charge in [0.15, 0.2) is 17.5 Å². The number of benzene rings is 1. The highest BCUT2D eigenvalue weighted by atomic mass is 16.5. The third kappa shape index (κ3) is 6.59. The molecule has 1 aliphatic rings. The highest BCUT2D eigenvalue weighted by molar-refractivity contribution is 5.79. The molecule has 1 atom stereocenters. The van der Waals surface area contributed by atoms with Crippen LogP contribution in [0.25, 0.3) is 0 Å². The van der Waals surface area contributed by atoms with Crippen molar-refractivity contribution in [2.24, 2.45) is 10.9 Å². The number of ether oxygens (including phenoxy) is 2. The van der Waals surface area contributed by atoms with Gasteiger partial charge in [-0.2, -0.15) is 0 Å². The van der Waals surface area contributed by atoms with Crippen LogP contribution in [0.3, 0.4) is 0 Å². The monoisotopic (exact) mass is 390 g/mol. The van der Waals surface area contributed by atoms with Crippen molar-refractivity contribution in [3.05, 3.63) is 23.8 Å². The standard InChI is InChI=1S/C22H38N4O2/c1-6-12-26-14-11-19(17-26)16-24-22(23-7-2)25(3)13-10-18-8-9-20(27-4)21(15-18)28-5/h8-9,15,19H,6-7,10-14,16-17H2,1-5H3,(H,23,24). The van der Waals surface area contributed by atoms with E-state index in [0.717, 1.165) is 43.5 Å².